The Kier molecular flexibility index (Phi) is 3.38. The Bertz CT molecular complexity index is 755. The average Bonchev–Trinajstić information content (AvgIpc) is 3.04. The molecule has 0 spiro atoms. The van der Waals surface area contributed by atoms with Crippen LogP contribution in [0.3, 0.4) is 0 Å². The third kappa shape index (κ3) is 2.76. The monoisotopic (exact) mass is 283 g/mol. The van der Waals surface area contributed by atoms with Crippen molar-refractivity contribution in [1.82, 2.24) is 20.0 Å². The first-order valence-corrected chi connectivity index (χ1v) is 6.14. The lowest BCUT2D eigenvalue weighted by Gasteiger charge is -2.05. The Morgan fingerprint density at radius 1 is 1.10 bits per heavy atom. The van der Waals surface area contributed by atoms with E-state index in [1.165, 1.54) is 22.9 Å². The average molecular weight is 283 g/mol. The highest BCUT2D eigenvalue weighted by molar-refractivity contribution is 6.02. The van der Waals surface area contributed by atoms with Gasteiger partial charge in [-0.1, -0.05) is 12.1 Å². The number of halogens is 1. The Morgan fingerprint density at radius 2 is 1.95 bits per heavy atom. The first-order valence-electron chi connectivity index (χ1n) is 6.14. The minimum atomic E-state index is -0.528. The molecule has 6 nitrogen and oxygen atoms in total. The van der Waals surface area contributed by atoms with Gasteiger partial charge in [0, 0.05) is 12.4 Å². The zero-order valence-corrected chi connectivity index (χ0v) is 10.8. The van der Waals surface area contributed by atoms with Crippen LogP contribution in [0.4, 0.5) is 10.1 Å². The van der Waals surface area contributed by atoms with Gasteiger partial charge in [-0.2, -0.15) is 5.10 Å². The molecular formula is C14H10FN5O. The van der Waals surface area contributed by atoms with Crippen molar-refractivity contribution in [2.75, 3.05) is 5.32 Å². The van der Waals surface area contributed by atoms with Crippen LogP contribution in [0.25, 0.3) is 5.82 Å². The van der Waals surface area contributed by atoms with Crippen molar-refractivity contribution in [3.63, 3.8) is 0 Å². The number of nitrogens with zero attached hydrogens (tertiary/aromatic N) is 4. The molecule has 1 N–H and O–H groups in total. The second kappa shape index (κ2) is 5.49. The van der Waals surface area contributed by atoms with Gasteiger partial charge in [-0.3, -0.25) is 4.79 Å². The zero-order chi connectivity index (χ0) is 14.7. The van der Waals surface area contributed by atoms with Gasteiger partial charge in [0.2, 0.25) is 0 Å². The van der Waals surface area contributed by atoms with Crippen LogP contribution in [0, 0.1) is 5.82 Å². The molecule has 7 heteroatoms. The second-order valence-corrected chi connectivity index (χ2v) is 4.16. The van der Waals surface area contributed by atoms with E-state index in [2.05, 4.69) is 20.6 Å². The molecule has 0 saturated heterocycles. The first kappa shape index (κ1) is 12.9. The number of hydrogen-bond donors (Lipinski definition) is 1. The van der Waals surface area contributed by atoms with Crippen molar-refractivity contribution < 1.29 is 9.18 Å². The molecule has 0 aliphatic carbocycles. The highest BCUT2D eigenvalue weighted by Gasteiger charge is 2.11. The molecule has 0 radical (unpaired) electrons. The number of hydrogen-bond acceptors (Lipinski definition) is 4. The standard InChI is InChI=1S/C14H10FN5O/c15-10-4-1-2-5-11(10)17-14(21)12-6-7-13(19-18-12)20-9-3-8-16-20/h1-9H,(H,17,21). The van der Waals surface area contributed by atoms with Gasteiger partial charge in [0.05, 0.1) is 5.69 Å². The first-order chi connectivity index (χ1) is 10.2. The maximum Gasteiger partial charge on any atom is 0.276 e. The van der Waals surface area contributed by atoms with Crippen molar-refractivity contribution in [2.45, 2.75) is 0 Å². The Hall–Kier alpha value is -3.09. The van der Waals surface area contributed by atoms with E-state index in [-0.39, 0.29) is 11.4 Å². The van der Waals surface area contributed by atoms with Gasteiger partial charge in [0.15, 0.2) is 11.5 Å². The maximum atomic E-state index is 13.5. The van der Waals surface area contributed by atoms with Crippen LogP contribution >= 0.6 is 0 Å². The molecule has 0 unspecified atom stereocenters. The van der Waals surface area contributed by atoms with Crippen LogP contribution in [0.5, 0.6) is 0 Å². The van der Waals surface area contributed by atoms with E-state index in [0.717, 1.165) is 0 Å². The topological polar surface area (TPSA) is 72.7 Å². The number of amides is 1. The lowest BCUT2D eigenvalue weighted by molar-refractivity contribution is 0.102. The summed E-state index contributed by atoms with van der Waals surface area (Å²) in [6.45, 7) is 0. The van der Waals surface area contributed by atoms with Crippen LogP contribution in [0.2, 0.25) is 0 Å². The minimum Gasteiger partial charge on any atom is -0.318 e. The van der Waals surface area contributed by atoms with Gasteiger partial charge >= 0.3 is 0 Å². The third-order valence-electron chi connectivity index (χ3n) is 2.74. The van der Waals surface area contributed by atoms with Crippen molar-refractivity contribution in [3.05, 3.63) is 66.4 Å². The van der Waals surface area contributed by atoms with E-state index < -0.39 is 11.7 Å². The van der Waals surface area contributed by atoms with Crippen LogP contribution in [0.15, 0.2) is 54.9 Å². The van der Waals surface area contributed by atoms with E-state index >= 15 is 0 Å². The summed E-state index contributed by atoms with van der Waals surface area (Å²) in [5.41, 5.74) is 0.189. The second-order valence-electron chi connectivity index (χ2n) is 4.16. The lowest BCUT2D eigenvalue weighted by atomic mass is 10.3. The lowest BCUT2D eigenvalue weighted by Crippen LogP contribution is -2.15. The van der Waals surface area contributed by atoms with Crippen LogP contribution in [-0.4, -0.2) is 25.9 Å². The summed E-state index contributed by atoms with van der Waals surface area (Å²) in [4.78, 5) is 12.0. The molecule has 3 rings (SSSR count). The van der Waals surface area contributed by atoms with Crippen LogP contribution < -0.4 is 5.32 Å². The number of rotatable bonds is 3. The minimum absolute atomic E-state index is 0.0918. The van der Waals surface area contributed by atoms with Crippen molar-refractivity contribution in [1.29, 1.82) is 0 Å². The third-order valence-corrected chi connectivity index (χ3v) is 2.74. The number of para-hydroxylation sites is 1. The molecule has 2 aromatic heterocycles. The fourth-order valence-electron chi connectivity index (χ4n) is 1.72. The van der Waals surface area contributed by atoms with Crippen molar-refractivity contribution in [2.24, 2.45) is 0 Å². The SMILES string of the molecule is O=C(Nc1ccccc1F)c1ccc(-n2cccn2)nn1. The van der Waals surface area contributed by atoms with Gasteiger partial charge in [0.25, 0.3) is 5.91 Å². The molecular weight excluding hydrogens is 273 g/mol. The fourth-order valence-corrected chi connectivity index (χ4v) is 1.72. The number of carbonyl (C=O) groups excluding carboxylic acids is 1. The van der Waals surface area contributed by atoms with E-state index in [1.807, 2.05) is 0 Å². The molecule has 2 heterocycles. The number of anilines is 1. The highest BCUT2D eigenvalue weighted by Crippen LogP contribution is 2.13. The number of aromatic nitrogens is 4. The predicted molar refractivity (Wildman–Crippen MR) is 73.5 cm³/mol. The maximum absolute atomic E-state index is 13.5. The van der Waals surface area contributed by atoms with Gasteiger partial charge in [-0.15, -0.1) is 10.2 Å². The normalized spacial score (nSPS) is 10.3. The largest absolute Gasteiger partial charge is 0.318 e. The molecule has 21 heavy (non-hydrogen) atoms. The Balaban J connectivity index is 1.78. The van der Waals surface area contributed by atoms with Gasteiger partial charge in [-0.05, 0) is 30.3 Å². The summed E-state index contributed by atoms with van der Waals surface area (Å²) in [7, 11) is 0. The van der Waals surface area contributed by atoms with Crippen molar-refractivity contribution >= 4 is 11.6 Å². The van der Waals surface area contributed by atoms with E-state index in [1.54, 1.807) is 36.7 Å². The van der Waals surface area contributed by atoms with Crippen molar-refractivity contribution in [3.8, 4) is 5.82 Å². The Labute approximate surface area is 119 Å². The van der Waals surface area contributed by atoms with Gasteiger partial charge < -0.3 is 5.32 Å². The van der Waals surface area contributed by atoms with Gasteiger partial charge in [0.1, 0.15) is 5.82 Å². The highest BCUT2D eigenvalue weighted by atomic mass is 19.1. The summed E-state index contributed by atoms with van der Waals surface area (Å²) in [6.07, 6.45) is 3.32. The molecule has 0 atom stereocenters. The number of carbonyl (C=O) groups is 1. The fraction of sp³-hybridized carbons (Fsp3) is 0. The van der Waals surface area contributed by atoms with E-state index in [9.17, 15) is 9.18 Å². The van der Waals surface area contributed by atoms with E-state index in [0.29, 0.717) is 5.82 Å². The van der Waals surface area contributed by atoms with Gasteiger partial charge in [-0.25, -0.2) is 9.07 Å². The molecule has 0 saturated carbocycles. The molecule has 0 aliphatic rings. The summed E-state index contributed by atoms with van der Waals surface area (Å²) < 4.78 is 15.0. The number of nitrogens with one attached hydrogen (secondary N) is 1. The zero-order valence-electron chi connectivity index (χ0n) is 10.8. The Morgan fingerprint density at radius 3 is 2.62 bits per heavy atom. The molecule has 1 aromatic carbocycles. The van der Waals surface area contributed by atoms with Crippen LogP contribution in [-0.2, 0) is 0 Å². The molecule has 104 valence electrons. The summed E-state index contributed by atoms with van der Waals surface area (Å²) in [5.74, 6) is -0.547. The molecule has 0 aliphatic heterocycles. The quantitative estimate of drug-likeness (QED) is 0.798. The molecule has 3 aromatic rings. The molecule has 0 fully saturated rings. The van der Waals surface area contributed by atoms with Crippen LogP contribution in [0.1, 0.15) is 10.5 Å². The predicted octanol–water partition coefficient (Wildman–Crippen LogP) is 2.05. The summed E-state index contributed by atoms with van der Waals surface area (Å²) >= 11 is 0. The molecule has 1 amide bonds. The number of benzene rings is 1. The summed E-state index contributed by atoms with van der Waals surface area (Å²) in [5, 5.41) is 14.2. The summed E-state index contributed by atoms with van der Waals surface area (Å²) in [6, 6.07) is 10.8. The smallest absolute Gasteiger partial charge is 0.276 e. The van der Waals surface area contributed by atoms with E-state index in [4.69, 9.17) is 0 Å². The molecule has 0 bridgehead atoms.